The molecule has 0 fully saturated rings. The molecule has 0 amide bonds. The van der Waals surface area contributed by atoms with Gasteiger partial charge in [-0.2, -0.15) is 0 Å². The molecule has 18 heavy (non-hydrogen) atoms. The van der Waals surface area contributed by atoms with Crippen LogP contribution < -0.4 is 0 Å². The van der Waals surface area contributed by atoms with Crippen molar-refractivity contribution in [2.45, 2.75) is 0 Å². The van der Waals surface area contributed by atoms with Gasteiger partial charge in [0.15, 0.2) is 0 Å². The molecule has 0 bridgehead atoms. The van der Waals surface area contributed by atoms with Crippen LogP contribution in [0.25, 0.3) is 10.8 Å². The summed E-state index contributed by atoms with van der Waals surface area (Å²) in [6.45, 7) is 0. The van der Waals surface area contributed by atoms with Crippen LogP contribution in [0.2, 0.25) is 0 Å². The van der Waals surface area contributed by atoms with Gasteiger partial charge in [0.05, 0.1) is 12.0 Å². The van der Waals surface area contributed by atoms with E-state index in [-0.39, 0.29) is 5.82 Å². The van der Waals surface area contributed by atoms with E-state index in [1.807, 2.05) is 18.2 Å². The molecule has 88 valence electrons. The summed E-state index contributed by atoms with van der Waals surface area (Å²) in [5.41, 5.74) is 1.70. The molecule has 0 saturated carbocycles. The minimum Gasteiger partial charge on any atom is -0.471 e. The number of aliphatic imine (C=N–C) groups is 1. The number of hydrogen-bond acceptors (Lipinski definition) is 2. The zero-order valence-electron chi connectivity index (χ0n) is 9.51. The second kappa shape index (κ2) is 4.45. The standard InChI is InChI=1S/C15H10FNO/c16-13-6-4-11(5-7-13)8-17-15-3-1-2-12-9-18-10-14(12)15/h1-10H/b17-8+. The van der Waals surface area contributed by atoms with Crippen LogP contribution in [0.4, 0.5) is 10.1 Å². The predicted molar refractivity (Wildman–Crippen MR) is 69.9 cm³/mol. The van der Waals surface area contributed by atoms with Crippen LogP contribution in [-0.2, 0) is 0 Å². The van der Waals surface area contributed by atoms with Crippen LogP contribution in [0.3, 0.4) is 0 Å². The number of fused-ring (bicyclic) bond motifs is 1. The van der Waals surface area contributed by atoms with Gasteiger partial charge in [0.2, 0.25) is 0 Å². The molecule has 3 aromatic rings. The lowest BCUT2D eigenvalue weighted by Crippen LogP contribution is -1.81. The summed E-state index contributed by atoms with van der Waals surface area (Å²) in [7, 11) is 0. The predicted octanol–water partition coefficient (Wildman–Crippen LogP) is 4.32. The van der Waals surface area contributed by atoms with Crippen LogP contribution >= 0.6 is 0 Å². The highest BCUT2D eigenvalue weighted by molar-refractivity contribution is 5.94. The number of furan rings is 1. The van der Waals surface area contributed by atoms with E-state index in [4.69, 9.17) is 4.42 Å². The molecule has 0 spiro atoms. The Kier molecular flexibility index (Phi) is 2.65. The monoisotopic (exact) mass is 239 g/mol. The fourth-order valence-corrected chi connectivity index (χ4v) is 1.78. The lowest BCUT2D eigenvalue weighted by atomic mass is 10.2. The third kappa shape index (κ3) is 2.02. The van der Waals surface area contributed by atoms with Crippen molar-refractivity contribution >= 4 is 22.7 Å². The van der Waals surface area contributed by atoms with Crippen molar-refractivity contribution in [3.05, 3.63) is 66.4 Å². The molecule has 0 aliphatic rings. The average Bonchev–Trinajstić information content (AvgIpc) is 2.87. The van der Waals surface area contributed by atoms with Crippen molar-refractivity contribution in [2.24, 2.45) is 4.99 Å². The van der Waals surface area contributed by atoms with Crippen LogP contribution in [0.15, 0.2) is 64.4 Å². The zero-order chi connectivity index (χ0) is 12.4. The van der Waals surface area contributed by atoms with E-state index in [1.165, 1.54) is 12.1 Å². The van der Waals surface area contributed by atoms with E-state index in [0.717, 1.165) is 22.0 Å². The summed E-state index contributed by atoms with van der Waals surface area (Å²) in [5, 5.41) is 1.99. The number of rotatable bonds is 2. The fourth-order valence-electron chi connectivity index (χ4n) is 1.78. The van der Waals surface area contributed by atoms with Gasteiger partial charge in [-0.05, 0) is 23.8 Å². The SMILES string of the molecule is Fc1ccc(/C=N/c2cccc3cocc23)cc1. The Morgan fingerprint density at radius 3 is 2.67 bits per heavy atom. The minimum absolute atomic E-state index is 0.246. The molecule has 0 unspecified atom stereocenters. The average molecular weight is 239 g/mol. The molecule has 0 saturated heterocycles. The maximum atomic E-state index is 12.8. The summed E-state index contributed by atoms with van der Waals surface area (Å²) in [6, 6.07) is 12.0. The van der Waals surface area contributed by atoms with Crippen LogP contribution in [0, 0.1) is 5.82 Å². The lowest BCUT2D eigenvalue weighted by molar-refractivity contribution is 0.572. The van der Waals surface area contributed by atoms with Gasteiger partial charge in [-0.15, -0.1) is 0 Å². The summed E-state index contributed by atoms with van der Waals surface area (Å²) >= 11 is 0. The summed E-state index contributed by atoms with van der Waals surface area (Å²) in [4.78, 5) is 4.40. The summed E-state index contributed by atoms with van der Waals surface area (Å²) in [6.07, 6.45) is 5.07. The van der Waals surface area contributed by atoms with Crippen molar-refractivity contribution in [2.75, 3.05) is 0 Å². The van der Waals surface area contributed by atoms with Crippen LogP contribution in [0.5, 0.6) is 0 Å². The van der Waals surface area contributed by atoms with Crippen molar-refractivity contribution in [3.8, 4) is 0 Å². The molecular weight excluding hydrogens is 229 g/mol. The van der Waals surface area contributed by atoms with E-state index in [9.17, 15) is 4.39 Å². The number of nitrogens with zero attached hydrogens (tertiary/aromatic N) is 1. The first-order chi connectivity index (χ1) is 8.83. The Balaban J connectivity index is 1.96. The van der Waals surface area contributed by atoms with Crippen molar-refractivity contribution in [3.63, 3.8) is 0 Å². The van der Waals surface area contributed by atoms with Gasteiger partial charge in [-0.1, -0.05) is 24.3 Å². The summed E-state index contributed by atoms with van der Waals surface area (Å²) in [5.74, 6) is -0.246. The molecule has 0 aliphatic carbocycles. The quantitative estimate of drug-likeness (QED) is 0.611. The zero-order valence-corrected chi connectivity index (χ0v) is 9.51. The van der Waals surface area contributed by atoms with E-state index < -0.39 is 0 Å². The Hall–Kier alpha value is -2.42. The van der Waals surface area contributed by atoms with Crippen molar-refractivity contribution < 1.29 is 8.81 Å². The fraction of sp³-hybridized carbons (Fsp3) is 0. The number of hydrogen-bond donors (Lipinski definition) is 0. The third-order valence-corrected chi connectivity index (χ3v) is 2.72. The van der Waals surface area contributed by atoms with Gasteiger partial charge in [-0.25, -0.2) is 4.39 Å². The van der Waals surface area contributed by atoms with Crippen LogP contribution in [-0.4, -0.2) is 6.21 Å². The van der Waals surface area contributed by atoms with Crippen molar-refractivity contribution in [1.82, 2.24) is 0 Å². The molecule has 1 heterocycles. The highest BCUT2D eigenvalue weighted by Crippen LogP contribution is 2.26. The Bertz CT molecular complexity index is 698. The lowest BCUT2D eigenvalue weighted by Gasteiger charge is -1.96. The maximum Gasteiger partial charge on any atom is 0.123 e. The van der Waals surface area contributed by atoms with E-state index >= 15 is 0 Å². The van der Waals surface area contributed by atoms with Gasteiger partial charge in [0.25, 0.3) is 0 Å². The highest BCUT2D eigenvalue weighted by atomic mass is 19.1. The van der Waals surface area contributed by atoms with Gasteiger partial charge in [-0.3, -0.25) is 4.99 Å². The van der Waals surface area contributed by atoms with Gasteiger partial charge in [0.1, 0.15) is 12.1 Å². The smallest absolute Gasteiger partial charge is 0.123 e. The van der Waals surface area contributed by atoms with E-state index in [1.54, 1.807) is 30.9 Å². The molecule has 3 heteroatoms. The number of halogens is 1. The first-order valence-corrected chi connectivity index (χ1v) is 5.57. The Labute approximate surface area is 103 Å². The third-order valence-electron chi connectivity index (χ3n) is 2.72. The molecule has 1 aromatic heterocycles. The Morgan fingerprint density at radius 2 is 1.83 bits per heavy atom. The Morgan fingerprint density at radius 1 is 1.00 bits per heavy atom. The first kappa shape index (κ1) is 10.7. The second-order valence-electron chi connectivity index (χ2n) is 3.96. The van der Waals surface area contributed by atoms with E-state index in [0.29, 0.717) is 0 Å². The number of benzene rings is 2. The van der Waals surface area contributed by atoms with Crippen molar-refractivity contribution in [1.29, 1.82) is 0 Å². The second-order valence-corrected chi connectivity index (χ2v) is 3.96. The molecular formula is C15H10FNO. The highest BCUT2D eigenvalue weighted by Gasteiger charge is 2.00. The molecule has 0 radical (unpaired) electrons. The molecule has 2 nitrogen and oxygen atoms in total. The largest absolute Gasteiger partial charge is 0.471 e. The minimum atomic E-state index is -0.246. The van der Waals surface area contributed by atoms with Gasteiger partial charge < -0.3 is 4.42 Å². The summed E-state index contributed by atoms with van der Waals surface area (Å²) < 4.78 is 17.9. The molecule has 0 N–H and O–H groups in total. The molecule has 0 atom stereocenters. The topological polar surface area (TPSA) is 25.5 Å². The van der Waals surface area contributed by atoms with E-state index in [2.05, 4.69) is 4.99 Å². The molecule has 0 aliphatic heterocycles. The van der Waals surface area contributed by atoms with Gasteiger partial charge >= 0.3 is 0 Å². The normalized spacial score (nSPS) is 11.4. The molecule has 3 rings (SSSR count). The first-order valence-electron chi connectivity index (χ1n) is 5.57. The maximum absolute atomic E-state index is 12.8. The van der Waals surface area contributed by atoms with Gasteiger partial charge in [0, 0.05) is 17.0 Å². The molecule has 2 aromatic carbocycles. The van der Waals surface area contributed by atoms with Crippen LogP contribution in [0.1, 0.15) is 5.56 Å².